The van der Waals surface area contributed by atoms with Gasteiger partial charge in [0.05, 0.1) is 18.7 Å². The van der Waals surface area contributed by atoms with Gasteiger partial charge in [-0.2, -0.15) is 0 Å². The minimum atomic E-state index is -0.555. The number of carbonyl (C=O) groups is 1. The van der Waals surface area contributed by atoms with E-state index in [-0.39, 0.29) is 18.0 Å². The van der Waals surface area contributed by atoms with Gasteiger partial charge in [-0.25, -0.2) is 9.18 Å². The van der Waals surface area contributed by atoms with Crippen molar-refractivity contribution >= 4 is 17.7 Å². The van der Waals surface area contributed by atoms with Crippen molar-refractivity contribution in [3.05, 3.63) is 28.0 Å². The maximum absolute atomic E-state index is 14.2. The van der Waals surface area contributed by atoms with Crippen LogP contribution in [0.1, 0.15) is 25.0 Å². The maximum Gasteiger partial charge on any atom is 0.406 e. The molecule has 4 nitrogen and oxygen atoms in total. The number of ether oxygens (including phenoxy) is 2. The van der Waals surface area contributed by atoms with Gasteiger partial charge in [0.15, 0.2) is 0 Å². The molecule has 1 amide bonds. The summed E-state index contributed by atoms with van der Waals surface area (Å²) >= 11 is 5.90. The van der Waals surface area contributed by atoms with Gasteiger partial charge in [-0.1, -0.05) is 18.5 Å². The summed E-state index contributed by atoms with van der Waals surface area (Å²) in [6.45, 7) is 4.46. The van der Waals surface area contributed by atoms with Gasteiger partial charge >= 0.3 is 6.09 Å². The normalized spacial score (nSPS) is 10.2. The van der Waals surface area contributed by atoms with E-state index in [4.69, 9.17) is 16.3 Å². The molecule has 0 bridgehead atoms. The highest BCUT2D eigenvalue weighted by atomic mass is 35.5. The number of halogens is 2. The summed E-state index contributed by atoms with van der Waals surface area (Å²) in [4.78, 5) is 11.0. The molecule has 0 aliphatic carbocycles. The number of amides is 1. The van der Waals surface area contributed by atoms with Gasteiger partial charge in [0.25, 0.3) is 0 Å². The minimum absolute atomic E-state index is 0.0679. The lowest BCUT2D eigenvalue weighted by Crippen LogP contribution is -2.25. The lowest BCUT2D eigenvalue weighted by Gasteiger charge is -2.16. The highest BCUT2D eigenvalue weighted by Gasteiger charge is 2.18. The molecule has 0 atom stereocenters. The largest absolute Gasteiger partial charge is 0.493 e. The lowest BCUT2D eigenvalue weighted by molar-refractivity contribution is 0.171. The van der Waals surface area contributed by atoms with Crippen molar-refractivity contribution in [2.75, 3.05) is 20.3 Å². The van der Waals surface area contributed by atoms with Crippen LogP contribution in [0.3, 0.4) is 0 Å². The molecule has 0 unspecified atom stereocenters. The van der Waals surface area contributed by atoms with Crippen LogP contribution in [0, 0.1) is 5.82 Å². The van der Waals surface area contributed by atoms with Crippen molar-refractivity contribution in [2.24, 2.45) is 0 Å². The first-order chi connectivity index (χ1) is 9.54. The summed E-state index contributed by atoms with van der Waals surface area (Å²) in [6, 6.07) is 1.58. The number of benzene rings is 1. The van der Waals surface area contributed by atoms with Gasteiger partial charge < -0.3 is 14.8 Å². The molecule has 6 heteroatoms. The van der Waals surface area contributed by atoms with Crippen LogP contribution in [0.25, 0.3) is 0 Å². The van der Waals surface area contributed by atoms with Crippen molar-refractivity contribution in [3.63, 3.8) is 0 Å². The molecule has 0 saturated carbocycles. The third-order valence-electron chi connectivity index (χ3n) is 2.84. The average Bonchev–Trinajstić information content (AvgIpc) is 2.45. The molecule has 0 aliphatic rings. The smallest absolute Gasteiger partial charge is 0.406 e. The van der Waals surface area contributed by atoms with E-state index in [1.54, 1.807) is 6.07 Å². The van der Waals surface area contributed by atoms with Crippen LogP contribution in [0.4, 0.5) is 9.18 Å². The number of alkyl carbamates (subject to hydrolysis) is 1. The molecule has 1 N–H and O–H groups in total. The second-order valence-corrected chi connectivity index (χ2v) is 4.50. The van der Waals surface area contributed by atoms with E-state index < -0.39 is 11.9 Å². The van der Waals surface area contributed by atoms with Crippen molar-refractivity contribution in [3.8, 4) is 5.75 Å². The van der Waals surface area contributed by atoms with E-state index >= 15 is 0 Å². The summed E-state index contributed by atoms with van der Waals surface area (Å²) in [6.07, 6.45) is 0.414. The van der Waals surface area contributed by atoms with E-state index in [1.165, 1.54) is 7.11 Å². The molecule has 0 aromatic heterocycles. The third kappa shape index (κ3) is 4.00. The van der Waals surface area contributed by atoms with Crippen LogP contribution < -0.4 is 10.1 Å². The number of hydrogen-bond acceptors (Lipinski definition) is 3. The predicted octanol–water partition coefficient (Wildman–Crippen LogP) is 3.34. The van der Waals surface area contributed by atoms with E-state index in [1.807, 2.05) is 13.8 Å². The zero-order chi connectivity index (χ0) is 15.1. The monoisotopic (exact) mass is 303 g/mol. The first-order valence-electron chi connectivity index (χ1n) is 6.49. The van der Waals surface area contributed by atoms with Gasteiger partial charge in [0.2, 0.25) is 0 Å². The van der Waals surface area contributed by atoms with Crippen molar-refractivity contribution < 1.29 is 18.7 Å². The summed E-state index contributed by atoms with van der Waals surface area (Å²) in [5.41, 5.74) is 1.24. The molecule has 0 heterocycles. The van der Waals surface area contributed by atoms with Gasteiger partial charge in [-0.15, -0.1) is 0 Å². The van der Waals surface area contributed by atoms with Crippen LogP contribution in [0.5, 0.6) is 5.75 Å². The highest BCUT2D eigenvalue weighted by Crippen LogP contribution is 2.32. The van der Waals surface area contributed by atoms with Crippen LogP contribution in [-0.2, 0) is 17.6 Å². The Hall–Kier alpha value is -1.49. The van der Waals surface area contributed by atoms with Crippen LogP contribution in [0.15, 0.2) is 6.07 Å². The predicted molar refractivity (Wildman–Crippen MR) is 76.1 cm³/mol. The first kappa shape index (κ1) is 16.6. The fourth-order valence-corrected chi connectivity index (χ4v) is 2.14. The standard InChI is InChI=1S/C14H19ClFNO3/c1-4-9-8-11(15)12(16)10(13(9)20-5-2)6-7-17-14(18)19-3/h8H,4-7H2,1-3H3,(H,17,18). The Bertz CT molecular complexity index is 480. The van der Waals surface area contributed by atoms with Gasteiger partial charge in [-0.05, 0) is 31.4 Å². The molecule has 0 spiro atoms. The van der Waals surface area contributed by atoms with E-state index in [0.717, 1.165) is 5.56 Å². The molecule has 0 saturated heterocycles. The number of methoxy groups -OCH3 is 1. The Morgan fingerprint density at radius 1 is 1.45 bits per heavy atom. The number of aryl methyl sites for hydroxylation is 1. The summed E-state index contributed by atoms with van der Waals surface area (Å²) < 4.78 is 24.2. The summed E-state index contributed by atoms with van der Waals surface area (Å²) in [5, 5.41) is 2.58. The Balaban J connectivity index is 3.01. The van der Waals surface area contributed by atoms with E-state index in [0.29, 0.717) is 24.3 Å². The number of hydrogen-bond donors (Lipinski definition) is 1. The van der Waals surface area contributed by atoms with Crippen molar-refractivity contribution in [2.45, 2.75) is 26.7 Å². The minimum Gasteiger partial charge on any atom is -0.493 e. The fourth-order valence-electron chi connectivity index (χ4n) is 1.89. The molecule has 112 valence electrons. The van der Waals surface area contributed by atoms with Crippen molar-refractivity contribution in [1.82, 2.24) is 5.32 Å². The zero-order valence-corrected chi connectivity index (χ0v) is 12.6. The summed E-state index contributed by atoms with van der Waals surface area (Å²) in [5.74, 6) is 0.0162. The van der Waals surface area contributed by atoms with Crippen LogP contribution >= 0.6 is 11.6 Å². The number of rotatable bonds is 6. The molecule has 1 aromatic rings. The Labute approximate surface area is 123 Å². The highest BCUT2D eigenvalue weighted by molar-refractivity contribution is 6.31. The number of carbonyl (C=O) groups excluding carboxylic acids is 1. The summed E-state index contributed by atoms with van der Waals surface area (Å²) in [7, 11) is 1.27. The third-order valence-corrected chi connectivity index (χ3v) is 3.12. The van der Waals surface area contributed by atoms with E-state index in [2.05, 4.69) is 10.1 Å². The zero-order valence-electron chi connectivity index (χ0n) is 11.9. The maximum atomic E-state index is 14.2. The molecule has 20 heavy (non-hydrogen) atoms. The molecule has 0 aliphatic heterocycles. The Morgan fingerprint density at radius 2 is 2.15 bits per heavy atom. The molecular formula is C14H19ClFNO3. The SMILES string of the molecule is CCOc1c(CC)cc(Cl)c(F)c1CCNC(=O)OC. The lowest BCUT2D eigenvalue weighted by atomic mass is 10.0. The first-order valence-corrected chi connectivity index (χ1v) is 6.87. The van der Waals surface area contributed by atoms with Gasteiger partial charge in [0, 0.05) is 12.1 Å². The van der Waals surface area contributed by atoms with Gasteiger partial charge in [-0.3, -0.25) is 0 Å². The fraction of sp³-hybridized carbons (Fsp3) is 0.500. The van der Waals surface area contributed by atoms with E-state index in [9.17, 15) is 9.18 Å². The second-order valence-electron chi connectivity index (χ2n) is 4.09. The molecule has 1 rings (SSSR count). The Morgan fingerprint density at radius 3 is 2.70 bits per heavy atom. The molecule has 0 fully saturated rings. The van der Waals surface area contributed by atoms with Crippen LogP contribution in [-0.4, -0.2) is 26.4 Å². The second kappa shape index (κ2) is 7.94. The molecule has 0 radical (unpaired) electrons. The topological polar surface area (TPSA) is 47.6 Å². The van der Waals surface area contributed by atoms with Gasteiger partial charge in [0.1, 0.15) is 11.6 Å². The molecular weight excluding hydrogens is 285 g/mol. The average molecular weight is 304 g/mol. The van der Waals surface area contributed by atoms with Crippen LogP contribution in [0.2, 0.25) is 5.02 Å². The number of nitrogens with one attached hydrogen (secondary N) is 1. The quantitative estimate of drug-likeness (QED) is 0.877. The molecule has 1 aromatic carbocycles. The van der Waals surface area contributed by atoms with Crippen molar-refractivity contribution in [1.29, 1.82) is 0 Å². The Kier molecular flexibility index (Phi) is 6.58.